The maximum absolute atomic E-state index is 5.73. The lowest BCUT2D eigenvalue weighted by molar-refractivity contribution is 0.0212. The van der Waals surface area contributed by atoms with Gasteiger partial charge in [-0.1, -0.05) is 0 Å². The molecule has 2 aliphatic heterocycles. The molecule has 2 unspecified atom stereocenters. The van der Waals surface area contributed by atoms with Crippen LogP contribution in [0.3, 0.4) is 0 Å². The normalized spacial score (nSPS) is 30.3. The van der Waals surface area contributed by atoms with Gasteiger partial charge in [0.15, 0.2) is 0 Å². The first-order valence-electron chi connectivity index (χ1n) is 5.43. The molecule has 0 radical (unpaired) electrons. The van der Waals surface area contributed by atoms with Gasteiger partial charge in [-0.2, -0.15) is 0 Å². The van der Waals surface area contributed by atoms with Crippen molar-refractivity contribution in [2.75, 3.05) is 31.1 Å². The van der Waals surface area contributed by atoms with E-state index in [1.165, 1.54) is 5.69 Å². The highest BCUT2D eigenvalue weighted by Crippen LogP contribution is 2.22. The number of nitrogens with one attached hydrogen (secondary N) is 1. The standard InChI is InChI=1S/C11H15N3O/c1-2-9(6-12-3-1)14-7-10-11(8-14)15-5-4-13-10/h1-3,6,10-11,13H,4-5,7-8H2. The summed E-state index contributed by atoms with van der Waals surface area (Å²) in [5.41, 5.74) is 1.19. The molecule has 1 N–H and O–H groups in total. The maximum atomic E-state index is 5.73. The minimum absolute atomic E-state index is 0.346. The van der Waals surface area contributed by atoms with Crippen molar-refractivity contribution in [3.8, 4) is 0 Å². The Morgan fingerprint density at radius 2 is 2.47 bits per heavy atom. The van der Waals surface area contributed by atoms with Gasteiger partial charge < -0.3 is 15.0 Å². The van der Waals surface area contributed by atoms with Gasteiger partial charge >= 0.3 is 0 Å². The van der Waals surface area contributed by atoms with Crippen LogP contribution in [-0.2, 0) is 4.74 Å². The van der Waals surface area contributed by atoms with E-state index in [9.17, 15) is 0 Å². The topological polar surface area (TPSA) is 37.4 Å². The van der Waals surface area contributed by atoms with E-state index in [0.29, 0.717) is 12.1 Å². The second-order valence-electron chi connectivity index (χ2n) is 4.09. The minimum Gasteiger partial charge on any atom is -0.373 e. The Bertz CT molecular complexity index is 316. The number of fused-ring (bicyclic) bond motifs is 1. The molecule has 0 bridgehead atoms. The highest BCUT2D eigenvalue weighted by Gasteiger charge is 2.35. The molecular weight excluding hydrogens is 190 g/mol. The second kappa shape index (κ2) is 3.79. The number of ether oxygens (including phenoxy) is 1. The van der Waals surface area contributed by atoms with Crippen molar-refractivity contribution in [2.45, 2.75) is 12.1 Å². The van der Waals surface area contributed by atoms with E-state index < -0.39 is 0 Å². The van der Waals surface area contributed by atoms with Crippen LogP contribution in [-0.4, -0.2) is 43.4 Å². The first-order chi connectivity index (χ1) is 7.43. The van der Waals surface area contributed by atoms with Crippen LogP contribution in [0.1, 0.15) is 0 Å². The van der Waals surface area contributed by atoms with Gasteiger partial charge in [-0.15, -0.1) is 0 Å². The fraction of sp³-hybridized carbons (Fsp3) is 0.545. The zero-order chi connectivity index (χ0) is 10.1. The molecule has 0 amide bonds. The summed E-state index contributed by atoms with van der Waals surface area (Å²) in [6, 6.07) is 4.56. The number of hydrogen-bond donors (Lipinski definition) is 1. The smallest absolute Gasteiger partial charge is 0.0920 e. The molecule has 80 valence electrons. The van der Waals surface area contributed by atoms with Gasteiger partial charge in [0.25, 0.3) is 0 Å². The number of aromatic nitrogens is 1. The van der Waals surface area contributed by atoms with Crippen LogP contribution < -0.4 is 10.2 Å². The Labute approximate surface area is 89.3 Å². The monoisotopic (exact) mass is 205 g/mol. The van der Waals surface area contributed by atoms with Crippen molar-refractivity contribution in [1.29, 1.82) is 0 Å². The van der Waals surface area contributed by atoms with Crippen molar-refractivity contribution in [3.63, 3.8) is 0 Å². The van der Waals surface area contributed by atoms with Crippen molar-refractivity contribution in [1.82, 2.24) is 10.3 Å². The van der Waals surface area contributed by atoms with E-state index in [1.807, 2.05) is 12.3 Å². The third-order valence-corrected chi connectivity index (χ3v) is 3.12. The van der Waals surface area contributed by atoms with E-state index in [-0.39, 0.29) is 0 Å². The summed E-state index contributed by atoms with van der Waals surface area (Å²) in [5.74, 6) is 0. The molecule has 2 fully saturated rings. The summed E-state index contributed by atoms with van der Waals surface area (Å²) in [7, 11) is 0. The van der Waals surface area contributed by atoms with E-state index in [4.69, 9.17) is 4.74 Å². The predicted molar refractivity (Wildman–Crippen MR) is 58.0 cm³/mol. The van der Waals surface area contributed by atoms with Crippen molar-refractivity contribution < 1.29 is 4.74 Å². The lowest BCUT2D eigenvalue weighted by atomic mass is 10.2. The molecule has 0 aliphatic carbocycles. The minimum atomic E-state index is 0.346. The first kappa shape index (κ1) is 9.12. The number of hydrogen-bond acceptors (Lipinski definition) is 4. The highest BCUT2D eigenvalue weighted by atomic mass is 16.5. The van der Waals surface area contributed by atoms with Crippen LogP contribution in [0, 0.1) is 0 Å². The fourth-order valence-corrected chi connectivity index (χ4v) is 2.35. The Kier molecular flexibility index (Phi) is 2.31. The largest absolute Gasteiger partial charge is 0.373 e. The molecule has 15 heavy (non-hydrogen) atoms. The molecule has 0 saturated carbocycles. The van der Waals surface area contributed by atoms with Gasteiger partial charge in [-0.05, 0) is 12.1 Å². The van der Waals surface area contributed by atoms with Gasteiger partial charge in [0.05, 0.1) is 30.6 Å². The molecule has 2 aliphatic rings. The SMILES string of the molecule is c1cncc(N2CC3NCCOC3C2)c1. The lowest BCUT2D eigenvalue weighted by Crippen LogP contribution is -2.47. The third-order valence-electron chi connectivity index (χ3n) is 3.12. The quantitative estimate of drug-likeness (QED) is 0.713. The van der Waals surface area contributed by atoms with Crippen LogP contribution in [0.25, 0.3) is 0 Å². The average molecular weight is 205 g/mol. The number of pyridine rings is 1. The Balaban J connectivity index is 1.75. The van der Waals surface area contributed by atoms with Gasteiger partial charge in [0, 0.05) is 25.8 Å². The molecule has 0 aromatic carbocycles. The second-order valence-corrected chi connectivity index (χ2v) is 4.09. The number of rotatable bonds is 1. The summed E-state index contributed by atoms with van der Waals surface area (Å²) in [6.45, 7) is 3.81. The summed E-state index contributed by atoms with van der Waals surface area (Å²) in [4.78, 5) is 6.48. The van der Waals surface area contributed by atoms with Crippen molar-refractivity contribution in [3.05, 3.63) is 24.5 Å². The number of nitrogens with zero attached hydrogens (tertiary/aromatic N) is 2. The van der Waals surface area contributed by atoms with Gasteiger partial charge in [-0.3, -0.25) is 4.98 Å². The van der Waals surface area contributed by atoms with Crippen LogP contribution in [0.4, 0.5) is 5.69 Å². The summed E-state index contributed by atoms with van der Waals surface area (Å²) >= 11 is 0. The molecular formula is C11H15N3O. The van der Waals surface area contributed by atoms with Crippen LogP contribution >= 0.6 is 0 Å². The Morgan fingerprint density at radius 3 is 3.27 bits per heavy atom. The molecule has 1 aromatic heterocycles. The Morgan fingerprint density at radius 1 is 1.47 bits per heavy atom. The summed E-state index contributed by atoms with van der Waals surface area (Å²) in [6.07, 6.45) is 4.07. The molecule has 4 nitrogen and oxygen atoms in total. The third kappa shape index (κ3) is 1.70. The fourth-order valence-electron chi connectivity index (χ4n) is 2.35. The maximum Gasteiger partial charge on any atom is 0.0920 e. The number of anilines is 1. The summed E-state index contributed by atoms with van der Waals surface area (Å²) in [5, 5.41) is 3.49. The zero-order valence-corrected chi connectivity index (χ0v) is 8.60. The van der Waals surface area contributed by atoms with E-state index >= 15 is 0 Å². The highest BCUT2D eigenvalue weighted by molar-refractivity contribution is 5.45. The van der Waals surface area contributed by atoms with Crippen molar-refractivity contribution in [2.24, 2.45) is 0 Å². The van der Waals surface area contributed by atoms with E-state index in [1.54, 1.807) is 6.20 Å². The molecule has 2 atom stereocenters. The molecule has 1 aromatic rings. The van der Waals surface area contributed by atoms with Crippen LogP contribution in [0.5, 0.6) is 0 Å². The Hall–Kier alpha value is -1.13. The molecule has 3 rings (SSSR count). The van der Waals surface area contributed by atoms with Crippen molar-refractivity contribution >= 4 is 5.69 Å². The summed E-state index contributed by atoms with van der Waals surface area (Å²) < 4.78 is 5.73. The molecule has 3 heterocycles. The van der Waals surface area contributed by atoms with Gasteiger partial charge in [-0.25, -0.2) is 0 Å². The molecule has 2 saturated heterocycles. The molecule has 0 spiro atoms. The lowest BCUT2D eigenvalue weighted by Gasteiger charge is -2.25. The van der Waals surface area contributed by atoms with Gasteiger partial charge in [0.2, 0.25) is 0 Å². The number of morpholine rings is 1. The first-order valence-corrected chi connectivity index (χ1v) is 5.43. The predicted octanol–water partition coefficient (Wildman–Crippen LogP) is 0.259. The van der Waals surface area contributed by atoms with E-state index in [2.05, 4.69) is 21.3 Å². The van der Waals surface area contributed by atoms with Gasteiger partial charge in [0.1, 0.15) is 0 Å². The van der Waals surface area contributed by atoms with E-state index in [0.717, 1.165) is 26.2 Å². The molecule has 4 heteroatoms. The average Bonchev–Trinajstić information content (AvgIpc) is 2.74. The van der Waals surface area contributed by atoms with Crippen LogP contribution in [0.2, 0.25) is 0 Å². The zero-order valence-electron chi connectivity index (χ0n) is 8.60. The van der Waals surface area contributed by atoms with Crippen LogP contribution in [0.15, 0.2) is 24.5 Å².